The Kier molecular flexibility index (Phi) is 4.08. The number of hydrogen-bond donors (Lipinski definition) is 1. The van der Waals surface area contributed by atoms with E-state index in [-0.39, 0.29) is 5.91 Å². The number of thiocarbonyl (C=S) groups is 1. The van der Waals surface area contributed by atoms with Crippen molar-refractivity contribution in [1.82, 2.24) is 4.90 Å². The molecule has 1 aromatic heterocycles. The molecule has 0 aliphatic heterocycles. The minimum atomic E-state index is -0.572. The summed E-state index contributed by atoms with van der Waals surface area (Å²) < 4.78 is 1.08. The number of carbonyl (C=O) groups excluding carboxylic acids is 1. The third kappa shape index (κ3) is 2.46. The number of nitrogens with two attached hydrogens (primary N) is 1. The van der Waals surface area contributed by atoms with Crippen molar-refractivity contribution < 1.29 is 4.79 Å². The summed E-state index contributed by atoms with van der Waals surface area (Å²) in [5.41, 5.74) is 6.30. The van der Waals surface area contributed by atoms with E-state index < -0.39 is 5.41 Å². The van der Waals surface area contributed by atoms with E-state index in [1.807, 2.05) is 18.5 Å². The van der Waals surface area contributed by atoms with Gasteiger partial charge in [-0.1, -0.05) is 18.6 Å². The smallest absolute Gasteiger partial charge is 0.235 e. The van der Waals surface area contributed by atoms with Gasteiger partial charge in [0, 0.05) is 13.6 Å². The lowest BCUT2D eigenvalue weighted by atomic mass is 9.67. The van der Waals surface area contributed by atoms with E-state index in [9.17, 15) is 4.79 Å². The summed E-state index contributed by atoms with van der Waals surface area (Å²) in [5, 5.41) is 2.04. The third-order valence-corrected chi connectivity index (χ3v) is 5.42. The molecular weight excluding hydrogens is 332 g/mol. The minimum Gasteiger partial charge on any atom is -0.392 e. The van der Waals surface area contributed by atoms with Gasteiger partial charge in [0.25, 0.3) is 0 Å². The van der Waals surface area contributed by atoms with Crippen LogP contribution < -0.4 is 5.73 Å². The molecule has 3 nitrogen and oxygen atoms in total. The molecule has 1 aliphatic rings. The zero-order valence-electron chi connectivity index (χ0n) is 10.1. The van der Waals surface area contributed by atoms with E-state index in [0.29, 0.717) is 11.5 Å². The summed E-state index contributed by atoms with van der Waals surface area (Å²) in [6.07, 6.45) is 2.61. The molecule has 0 unspecified atom stereocenters. The van der Waals surface area contributed by atoms with E-state index >= 15 is 0 Å². The minimum absolute atomic E-state index is 0.0589. The van der Waals surface area contributed by atoms with Gasteiger partial charge in [-0.15, -0.1) is 11.3 Å². The number of nitrogens with zero attached hydrogens (tertiary/aromatic N) is 1. The van der Waals surface area contributed by atoms with Crippen LogP contribution in [0.5, 0.6) is 0 Å². The predicted molar refractivity (Wildman–Crippen MR) is 81.6 cm³/mol. The molecule has 98 valence electrons. The highest BCUT2D eigenvalue weighted by molar-refractivity contribution is 9.11. The molecule has 2 N–H and O–H groups in total. The zero-order chi connectivity index (χ0) is 13.3. The average Bonchev–Trinajstić information content (AvgIpc) is 2.61. The fourth-order valence-corrected chi connectivity index (χ4v) is 3.73. The van der Waals surface area contributed by atoms with Crippen LogP contribution in [0.4, 0.5) is 0 Å². The van der Waals surface area contributed by atoms with Crippen LogP contribution in [-0.2, 0) is 11.3 Å². The molecule has 1 fully saturated rings. The van der Waals surface area contributed by atoms with E-state index in [1.54, 1.807) is 16.2 Å². The first kappa shape index (κ1) is 14.0. The van der Waals surface area contributed by atoms with Gasteiger partial charge in [-0.3, -0.25) is 4.79 Å². The Morgan fingerprint density at radius 2 is 2.33 bits per heavy atom. The largest absolute Gasteiger partial charge is 0.392 e. The number of thiophene rings is 1. The SMILES string of the molecule is CN(Cc1csc(Br)c1)C(=O)C1(C(N)=S)CCC1. The summed E-state index contributed by atoms with van der Waals surface area (Å²) in [5.74, 6) is 0.0589. The zero-order valence-corrected chi connectivity index (χ0v) is 13.3. The molecule has 2 rings (SSSR count). The van der Waals surface area contributed by atoms with Crippen LogP contribution in [0.25, 0.3) is 0 Å². The van der Waals surface area contributed by atoms with Crippen LogP contribution >= 0.6 is 39.5 Å². The summed E-state index contributed by atoms with van der Waals surface area (Å²) in [6.45, 7) is 0.602. The van der Waals surface area contributed by atoms with Crippen LogP contribution in [0.1, 0.15) is 24.8 Å². The van der Waals surface area contributed by atoms with Crippen molar-refractivity contribution in [2.75, 3.05) is 7.05 Å². The quantitative estimate of drug-likeness (QED) is 0.852. The maximum absolute atomic E-state index is 12.4. The van der Waals surface area contributed by atoms with Crippen LogP contribution in [0.3, 0.4) is 0 Å². The lowest BCUT2D eigenvalue weighted by Gasteiger charge is -2.41. The second-order valence-corrected chi connectivity index (χ2v) is 7.45. The topological polar surface area (TPSA) is 46.3 Å². The first-order valence-corrected chi connectivity index (χ1v) is 7.82. The Balaban J connectivity index is 2.07. The van der Waals surface area contributed by atoms with Crippen molar-refractivity contribution >= 4 is 50.4 Å². The predicted octanol–water partition coefficient (Wildman–Crippen LogP) is 2.93. The molecule has 1 amide bonds. The normalized spacial score (nSPS) is 17.0. The van der Waals surface area contributed by atoms with Gasteiger partial charge in [0.05, 0.1) is 14.2 Å². The van der Waals surface area contributed by atoms with Gasteiger partial charge in [0.1, 0.15) is 0 Å². The lowest BCUT2D eigenvalue weighted by Crippen LogP contribution is -2.53. The Morgan fingerprint density at radius 3 is 2.72 bits per heavy atom. The van der Waals surface area contributed by atoms with Crippen LogP contribution in [0.15, 0.2) is 15.2 Å². The van der Waals surface area contributed by atoms with Gasteiger partial charge in [-0.2, -0.15) is 0 Å². The average molecular weight is 347 g/mol. The molecule has 18 heavy (non-hydrogen) atoms. The second kappa shape index (κ2) is 5.27. The van der Waals surface area contributed by atoms with Crippen molar-refractivity contribution in [3.05, 3.63) is 20.8 Å². The Morgan fingerprint density at radius 1 is 1.67 bits per heavy atom. The molecule has 0 atom stereocenters. The van der Waals surface area contributed by atoms with Crippen molar-refractivity contribution in [3.8, 4) is 0 Å². The van der Waals surface area contributed by atoms with Crippen LogP contribution in [-0.4, -0.2) is 22.8 Å². The van der Waals surface area contributed by atoms with E-state index in [2.05, 4.69) is 15.9 Å². The monoisotopic (exact) mass is 346 g/mol. The lowest BCUT2D eigenvalue weighted by molar-refractivity contribution is -0.141. The Labute approximate surface area is 124 Å². The van der Waals surface area contributed by atoms with E-state index in [1.165, 1.54) is 0 Å². The number of carbonyl (C=O) groups is 1. The first-order chi connectivity index (χ1) is 8.45. The van der Waals surface area contributed by atoms with Gasteiger partial charge in [0.15, 0.2) is 0 Å². The maximum atomic E-state index is 12.4. The summed E-state index contributed by atoms with van der Waals surface area (Å²) >= 11 is 10.1. The third-order valence-electron chi connectivity index (χ3n) is 3.48. The molecule has 1 heterocycles. The highest BCUT2D eigenvalue weighted by Gasteiger charge is 2.48. The molecule has 0 bridgehead atoms. The highest BCUT2D eigenvalue weighted by Crippen LogP contribution is 2.43. The van der Waals surface area contributed by atoms with Crippen LogP contribution in [0.2, 0.25) is 0 Å². The fourth-order valence-electron chi connectivity index (χ4n) is 2.24. The molecule has 1 aromatic rings. The van der Waals surface area contributed by atoms with Gasteiger partial charge in [0.2, 0.25) is 5.91 Å². The first-order valence-electron chi connectivity index (χ1n) is 5.74. The number of amides is 1. The van der Waals surface area contributed by atoms with Crippen molar-refractivity contribution in [1.29, 1.82) is 0 Å². The van der Waals surface area contributed by atoms with Crippen LogP contribution in [0, 0.1) is 5.41 Å². The number of rotatable bonds is 4. The van der Waals surface area contributed by atoms with Gasteiger partial charge >= 0.3 is 0 Å². The van der Waals surface area contributed by atoms with Crippen molar-refractivity contribution in [3.63, 3.8) is 0 Å². The standard InChI is InChI=1S/C12H15BrN2OS2/c1-15(6-8-5-9(13)18-7-8)11(16)12(10(14)17)3-2-4-12/h5,7H,2-4,6H2,1H3,(H2,14,17). The van der Waals surface area contributed by atoms with Crippen molar-refractivity contribution in [2.24, 2.45) is 11.1 Å². The Bertz CT molecular complexity index is 482. The molecule has 0 aromatic carbocycles. The van der Waals surface area contributed by atoms with E-state index in [4.69, 9.17) is 18.0 Å². The molecular formula is C12H15BrN2OS2. The molecule has 0 saturated heterocycles. The summed E-state index contributed by atoms with van der Waals surface area (Å²) in [6, 6.07) is 2.03. The highest BCUT2D eigenvalue weighted by atomic mass is 79.9. The molecule has 1 aliphatic carbocycles. The van der Waals surface area contributed by atoms with Gasteiger partial charge in [-0.05, 0) is 45.8 Å². The van der Waals surface area contributed by atoms with E-state index in [0.717, 1.165) is 28.6 Å². The van der Waals surface area contributed by atoms with Crippen molar-refractivity contribution in [2.45, 2.75) is 25.8 Å². The van der Waals surface area contributed by atoms with Gasteiger partial charge < -0.3 is 10.6 Å². The Hall–Kier alpha value is -0.460. The number of hydrogen-bond acceptors (Lipinski definition) is 3. The summed E-state index contributed by atoms with van der Waals surface area (Å²) in [7, 11) is 1.81. The molecule has 6 heteroatoms. The maximum Gasteiger partial charge on any atom is 0.235 e. The molecule has 0 spiro atoms. The summed E-state index contributed by atoms with van der Waals surface area (Å²) in [4.78, 5) is 14.5. The fraction of sp³-hybridized carbons (Fsp3) is 0.500. The molecule has 0 radical (unpaired) electrons. The molecule has 1 saturated carbocycles. The van der Waals surface area contributed by atoms with Gasteiger partial charge in [-0.25, -0.2) is 0 Å². The second-order valence-electron chi connectivity index (χ2n) is 4.72. The number of halogens is 1.